The first-order valence-corrected chi connectivity index (χ1v) is 9.80. The van der Waals surface area contributed by atoms with E-state index < -0.39 is 0 Å². The van der Waals surface area contributed by atoms with Gasteiger partial charge in [0, 0.05) is 29.7 Å². The van der Waals surface area contributed by atoms with Gasteiger partial charge in [-0.2, -0.15) is 0 Å². The van der Waals surface area contributed by atoms with Crippen LogP contribution in [0.25, 0.3) is 11.5 Å². The van der Waals surface area contributed by atoms with Gasteiger partial charge in [-0.15, -0.1) is 10.2 Å². The number of ether oxygens (including phenoxy) is 1. The van der Waals surface area contributed by atoms with Gasteiger partial charge in [0.2, 0.25) is 5.89 Å². The summed E-state index contributed by atoms with van der Waals surface area (Å²) in [5.41, 5.74) is 0.949. The van der Waals surface area contributed by atoms with Crippen LogP contribution in [0.5, 0.6) is 0 Å². The molecule has 0 aliphatic carbocycles. The van der Waals surface area contributed by atoms with Crippen LogP contribution >= 0.6 is 23.5 Å². The van der Waals surface area contributed by atoms with Crippen molar-refractivity contribution in [3.63, 3.8) is 0 Å². The molecule has 4 rings (SSSR count). The van der Waals surface area contributed by atoms with Gasteiger partial charge in [0.05, 0.1) is 19.8 Å². The molecule has 6 nitrogen and oxygen atoms in total. The molecule has 1 saturated heterocycles. The summed E-state index contributed by atoms with van der Waals surface area (Å²) in [7, 11) is 0. The number of amidine groups is 1. The summed E-state index contributed by atoms with van der Waals surface area (Å²) in [5.74, 6) is 1.49. The minimum Gasteiger partial charge on any atom is -0.411 e. The van der Waals surface area contributed by atoms with E-state index in [2.05, 4.69) is 20.1 Å². The van der Waals surface area contributed by atoms with Gasteiger partial charge in [-0.25, -0.2) is 0 Å². The normalized spacial score (nSPS) is 21.1. The van der Waals surface area contributed by atoms with Crippen molar-refractivity contribution in [1.82, 2.24) is 15.1 Å². The van der Waals surface area contributed by atoms with Crippen LogP contribution in [0.2, 0.25) is 0 Å². The zero-order valence-corrected chi connectivity index (χ0v) is 14.8. The molecule has 0 amide bonds. The first-order valence-electron chi connectivity index (χ1n) is 7.94. The Morgan fingerprint density at radius 3 is 2.83 bits per heavy atom. The molecular formula is C16H18N4O2S2. The molecule has 2 aliphatic rings. The molecule has 0 saturated carbocycles. The number of hydrogen-bond acceptors (Lipinski definition) is 8. The number of aromatic nitrogens is 2. The first kappa shape index (κ1) is 16.0. The third-order valence-electron chi connectivity index (χ3n) is 3.80. The molecule has 0 unspecified atom stereocenters. The monoisotopic (exact) mass is 362 g/mol. The Kier molecular flexibility index (Phi) is 5.05. The van der Waals surface area contributed by atoms with Crippen molar-refractivity contribution in [3.8, 4) is 11.5 Å². The van der Waals surface area contributed by atoms with Gasteiger partial charge < -0.3 is 14.1 Å². The molecule has 2 aliphatic heterocycles. The number of benzene rings is 1. The third-order valence-corrected chi connectivity index (χ3v) is 6.24. The van der Waals surface area contributed by atoms with Crippen LogP contribution in [0, 0.1) is 0 Å². The summed E-state index contributed by atoms with van der Waals surface area (Å²) in [4.78, 5) is 6.99. The van der Waals surface area contributed by atoms with E-state index in [1.807, 2.05) is 42.1 Å². The molecular weight excluding hydrogens is 344 g/mol. The lowest BCUT2D eigenvalue weighted by molar-refractivity contribution is 0.0693. The van der Waals surface area contributed by atoms with Crippen LogP contribution in [0.1, 0.15) is 0 Å². The standard InChI is InChI=1S/C16H18N4O2S2/c1-2-4-12(5-3-1)14-18-19-16(22-14)23-11-13-10-17-15(24-13)20-6-8-21-9-7-20/h1-5,13H,6-11H2/t13-/m1/s1. The number of morpholine rings is 1. The van der Waals surface area contributed by atoms with Gasteiger partial charge in [0.15, 0.2) is 5.17 Å². The minimum atomic E-state index is 0.458. The van der Waals surface area contributed by atoms with Crippen molar-refractivity contribution in [1.29, 1.82) is 0 Å². The maximum absolute atomic E-state index is 5.74. The fourth-order valence-electron chi connectivity index (χ4n) is 2.55. The van der Waals surface area contributed by atoms with Crippen molar-refractivity contribution in [2.75, 3.05) is 38.6 Å². The van der Waals surface area contributed by atoms with E-state index >= 15 is 0 Å². The fraction of sp³-hybridized carbons (Fsp3) is 0.438. The average Bonchev–Trinajstić information content (AvgIpc) is 3.31. The maximum Gasteiger partial charge on any atom is 0.276 e. The summed E-state index contributed by atoms with van der Waals surface area (Å²) >= 11 is 3.45. The molecule has 24 heavy (non-hydrogen) atoms. The van der Waals surface area contributed by atoms with E-state index in [-0.39, 0.29) is 0 Å². The van der Waals surface area contributed by atoms with Crippen LogP contribution in [0.3, 0.4) is 0 Å². The number of rotatable bonds is 4. The van der Waals surface area contributed by atoms with Crippen molar-refractivity contribution in [3.05, 3.63) is 30.3 Å². The van der Waals surface area contributed by atoms with E-state index in [0.29, 0.717) is 16.4 Å². The summed E-state index contributed by atoms with van der Waals surface area (Å²) in [6.45, 7) is 4.32. The maximum atomic E-state index is 5.74. The zero-order valence-electron chi connectivity index (χ0n) is 13.1. The van der Waals surface area contributed by atoms with E-state index in [4.69, 9.17) is 9.15 Å². The Morgan fingerprint density at radius 1 is 1.17 bits per heavy atom. The van der Waals surface area contributed by atoms with Crippen molar-refractivity contribution in [2.24, 2.45) is 4.99 Å². The van der Waals surface area contributed by atoms with Gasteiger partial charge in [-0.1, -0.05) is 41.7 Å². The molecule has 3 heterocycles. The van der Waals surface area contributed by atoms with Crippen molar-refractivity contribution < 1.29 is 9.15 Å². The van der Waals surface area contributed by atoms with Gasteiger partial charge in [-0.05, 0) is 12.1 Å². The molecule has 1 atom stereocenters. The molecule has 126 valence electrons. The topological polar surface area (TPSA) is 63.8 Å². The lowest BCUT2D eigenvalue weighted by atomic mass is 10.2. The smallest absolute Gasteiger partial charge is 0.276 e. The van der Waals surface area contributed by atoms with Gasteiger partial charge in [-0.3, -0.25) is 4.99 Å². The van der Waals surface area contributed by atoms with Crippen LogP contribution in [0.15, 0.2) is 45.0 Å². The zero-order chi connectivity index (χ0) is 16.2. The lowest BCUT2D eigenvalue weighted by Gasteiger charge is -2.28. The summed E-state index contributed by atoms with van der Waals surface area (Å²) in [5, 5.41) is 10.5. The van der Waals surface area contributed by atoms with E-state index in [0.717, 1.165) is 49.3 Å². The van der Waals surface area contributed by atoms with Crippen LogP contribution in [-0.2, 0) is 4.74 Å². The largest absolute Gasteiger partial charge is 0.411 e. The Labute approximate surface area is 149 Å². The molecule has 0 spiro atoms. The van der Waals surface area contributed by atoms with E-state index in [9.17, 15) is 0 Å². The van der Waals surface area contributed by atoms with Gasteiger partial charge >= 0.3 is 0 Å². The second-order valence-corrected chi connectivity index (χ2v) is 7.75. The first-order chi connectivity index (χ1) is 11.9. The molecule has 1 aromatic heterocycles. The molecule has 0 N–H and O–H groups in total. The second-order valence-electron chi connectivity index (χ2n) is 5.51. The summed E-state index contributed by atoms with van der Waals surface area (Å²) in [6, 6.07) is 9.84. The van der Waals surface area contributed by atoms with Crippen LogP contribution in [-0.4, -0.2) is 64.1 Å². The Bertz CT molecular complexity index is 701. The number of aliphatic imine (C=N–C) groups is 1. The number of hydrogen-bond donors (Lipinski definition) is 0. The number of thioether (sulfide) groups is 2. The molecule has 8 heteroatoms. The van der Waals surface area contributed by atoms with Crippen LogP contribution < -0.4 is 0 Å². The Hall–Kier alpha value is -1.51. The van der Waals surface area contributed by atoms with Gasteiger partial charge in [0.25, 0.3) is 5.22 Å². The quantitative estimate of drug-likeness (QED) is 0.775. The molecule has 0 radical (unpaired) electrons. The predicted octanol–water partition coefficient (Wildman–Crippen LogP) is 2.63. The Morgan fingerprint density at radius 2 is 2.00 bits per heavy atom. The molecule has 1 fully saturated rings. The summed E-state index contributed by atoms with van der Waals surface area (Å²) in [6.07, 6.45) is 0. The third kappa shape index (κ3) is 3.76. The van der Waals surface area contributed by atoms with Gasteiger partial charge in [0.1, 0.15) is 0 Å². The SMILES string of the molecule is c1ccc(-c2nnc(SC[C@H]3CN=C(N4CCOCC4)S3)o2)cc1. The van der Waals surface area contributed by atoms with E-state index in [1.165, 1.54) is 0 Å². The van der Waals surface area contributed by atoms with Crippen molar-refractivity contribution >= 4 is 28.7 Å². The average molecular weight is 362 g/mol. The second kappa shape index (κ2) is 7.58. The minimum absolute atomic E-state index is 0.458. The summed E-state index contributed by atoms with van der Waals surface area (Å²) < 4.78 is 11.1. The highest BCUT2D eigenvalue weighted by Gasteiger charge is 2.25. The highest BCUT2D eigenvalue weighted by atomic mass is 32.2. The van der Waals surface area contributed by atoms with Crippen LogP contribution in [0.4, 0.5) is 0 Å². The Balaban J connectivity index is 1.28. The number of nitrogens with zero attached hydrogens (tertiary/aromatic N) is 4. The highest BCUT2D eigenvalue weighted by molar-refractivity contribution is 8.15. The molecule has 1 aromatic carbocycles. The lowest BCUT2D eigenvalue weighted by Crippen LogP contribution is -2.39. The van der Waals surface area contributed by atoms with E-state index in [1.54, 1.807) is 11.8 Å². The molecule has 2 aromatic rings. The fourth-order valence-corrected chi connectivity index (χ4v) is 4.62. The predicted molar refractivity (Wildman–Crippen MR) is 96.5 cm³/mol. The van der Waals surface area contributed by atoms with Crippen molar-refractivity contribution in [2.45, 2.75) is 10.5 Å². The highest BCUT2D eigenvalue weighted by Crippen LogP contribution is 2.30. The molecule has 0 bridgehead atoms.